The Balaban J connectivity index is 2.51. The molecule has 0 radical (unpaired) electrons. The first-order valence-electron chi connectivity index (χ1n) is 4.67. The van der Waals surface area contributed by atoms with Crippen molar-refractivity contribution in [3.8, 4) is 0 Å². The van der Waals surface area contributed by atoms with Gasteiger partial charge in [-0.15, -0.1) is 0 Å². The van der Waals surface area contributed by atoms with Crippen LogP contribution in [-0.2, 0) is 4.79 Å². The first-order chi connectivity index (χ1) is 5.41. The summed E-state index contributed by atoms with van der Waals surface area (Å²) in [5.74, 6) is 0.644. The number of likely N-dealkylation sites (tertiary alicyclic amines) is 1. The van der Waals surface area contributed by atoms with Crippen LogP contribution in [0.25, 0.3) is 0 Å². The van der Waals surface area contributed by atoms with E-state index in [1.54, 1.807) is 6.92 Å². The highest BCUT2D eigenvalue weighted by Gasteiger charge is 2.31. The van der Waals surface area contributed by atoms with Crippen LogP contribution in [0.2, 0.25) is 0 Å². The van der Waals surface area contributed by atoms with Crippen molar-refractivity contribution >= 4 is 5.78 Å². The first-order valence-corrected chi connectivity index (χ1v) is 4.67. The number of nitrogens with zero attached hydrogens (tertiary/aromatic N) is 1. The normalized spacial score (nSPS) is 26.2. The van der Waals surface area contributed by atoms with Gasteiger partial charge >= 0.3 is 0 Å². The summed E-state index contributed by atoms with van der Waals surface area (Å²) in [4.78, 5) is 13.5. The van der Waals surface area contributed by atoms with Crippen LogP contribution in [0.1, 0.15) is 34.1 Å². The quantitative estimate of drug-likeness (QED) is 0.595. The molecule has 70 valence electrons. The van der Waals surface area contributed by atoms with E-state index in [9.17, 15) is 4.79 Å². The molecule has 2 nitrogen and oxygen atoms in total. The molecule has 0 aromatic heterocycles. The number of rotatable bonds is 1. The molecule has 1 rings (SSSR count). The molecule has 1 atom stereocenters. The summed E-state index contributed by atoms with van der Waals surface area (Å²) in [5.41, 5.74) is 0.226. The Kier molecular flexibility index (Phi) is 2.57. The van der Waals surface area contributed by atoms with Gasteiger partial charge in [0.05, 0.1) is 0 Å². The maximum Gasteiger partial charge on any atom is 0.134 e. The minimum Gasteiger partial charge on any atom is -0.300 e. The molecule has 1 aliphatic rings. The van der Waals surface area contributed by atoms with Gasteiger partial charge in [-0.3, -0.25) is 9.69 Å². The lowest BCUT2D eigenvalue weighted by molar-refractivity contribution is -0.120. The highest BCUT2D eigenvalue weighted by atomic mass is 16.1. The van der Waals surface area contributed by atoms with Crippen molar-refractivity contribution < 1.29 is 4.79 Å². The molecular weight excluding hydrogens is 150 g/mol. The molecule has 0 aromatic rings. The Labute approximate surface area is 74.9 Å². The molecule has 1 aliphatic heterocycles. The first kappa shape index (κ1) is 9.72. The van der Waals surface area contributed by atoms with Crippen molar-refractivity contribution in [2.75, 3.05) is 13.1 Å². The molecule has 12 heavy (non-hydrogen) atoms. The monoisotopic (exact) mass is 169 g/mol. The highest BCUT2D eigenvalue weighted by molar-refractivity contribution is 5.78. The molecule has 0 spiro atoms. The third kappa shape index (κ3) is 2.07. The van der Waals surface area contributed by atoms with Gasteiger partial charge in [0.25, 0.3) is 0 Å². The van der Waals surface area contributed by atoms with Gasteiger partial charge in [-0.1, -0.05) is 0 Å². The van der Waals surface area contributed by atoms with Crippen LogP contribution in [0.15, 0.2) is 0 Å². The van der Waals surface area contributed by atoms with E-state index < -0.39 is 0 Å². The molecular formula is C10H19NO. The van der Waals surface area contributed by atoms with E-state index >= 15 is 0 Å². The Morgan fingerprint density at radius 3 is 2.25 bits per heavy atom. The number of Topliss-reactive ketones (excluding diaryl/α,β-unsaturated/α-hetero) is 1. The molecule has 0 N–H and O–H groups in total. The minimum absolute atomic E-state index is 0.226. The summed E-state index contributed by atoms with van der Waals surface area (Å²) >= 11 is 0. The van der Waals surface area contributed by atoms with Crippen LogP contribution in [0, 0.1) is 5.92 Å². The summed E-state index contributed by atoms with van der Waals surface area (Å²) in [6.45, 7) is 10.4. The van der Waals surface area contributed by atoms with Crippen molar-refractivity contribution in [1.29, 1.82) is 0 Å². The fourth-order valence-electron chi connectivity index (χ4n) is 1.70. The van der Waals surface area contributed by atoms with E-state index in [0.29, 0.717) is 11.7 Å². The lowest BCUT2D eigenvalue weighted by Crippen LogP contribution is -2.39. The standard InChI is InChI=1S/C10H19NO/c1-8(12)9-5-6-11(7-9)10(2,3)4/h9H,5-7H2,1-4H3/t9-/m1/s1. The van der Waals surface area contributed by atoms with E-state index in [0.717, 1.165) is 19.5 Å². The fraction of sp³-hybridized carbons (Fsp3) is 0.900. The zero-order valence-electron chi connectivity index (χ0n) is 8.55. The molecule has 1 heterocycles. The van der Waals surface area contributed by atoms with E-state index in [-0.39, 0.29) is 5.54 Å². The highest BCUT2D eigenvalue weighted by Crippen LogP contribution is 2.24. The largest absolute Gasteiger partial charge is 0.300 e. The number of ketones is 1. The van der Waals surface area contributed by atoms with Gasteiger partial charge in [0.2, 0.25) is 0 Å². The van der Waals surface area contributed by atoms with E-state index in [1.165, 1.54) is 0 Å². The second-order valence-electron chi connectivity index (χ2n) is 4.71. The van der Waals surface area contributed by atoms with Gasteiger partial charge in [-0.25, -0.2) is 0 Å². The average Bonchev–Trinajstić information content (AvgIpc) is 2.30. The fourth-order valence-corrected chi connectivity index (χ4v) is 1.70. The third-order valence-corrected chi connectivity index (χ3v) is 2.71. The van der Waals surface area contributed by atoms with Crippen molar-refractivity contribution in [1.82, 2.24) is 4.90 Å². The molecule has 0 unspecified atom stereocenters. The molecule has 0 amide bonds. The predicted molar refractivity (Wildman–Crippen MR) is 50.1 cm³/mol. The van der Waals surface area contributed by atoms with E-state index in [1.807, 2.05) is 0 Å². The number of carbonyl (C=O) groups excluding carboxylic acids is 1. The minimum atomic E-state index is 0.226. The second-order valence-corrected chi connectivity index (χ2v) is 4.71. The Bertz CT molecular complexity index is 181. The average molecular weight is 169 g/mol. The van der Waals surface area contributed by atoms with Gasteiger partial charge in [0.15, 0.2) is 0 Å². The van der Waals surface area contributed by atoms with Crippen molar-refractivity contribution in [2.45, 2.75) is 39.7 Å². The van der Waals surface area contributed by atoms with Gasteiger partial charge in [-0.2, -0.15) is 0 Å². The zero-order valence-corrected chi connectivity index (χ0v) is 8.55. The number of carbonyl (C=O) groups is 1. The molecule has 0 aromatic carbocycles. The third-order valence-electron chi connectivity index (χ3n) is 2.71. The predicted octanol–water partition coefficient (Wildman–Crippen LogP) is 1.70. The molecule has 2 heteroatoms. The van der Waals surface area contributed by atoms with Crippen molar-refractivity contribution in [3.63, 3.8) is 0 Å². The van der Waals surface area contributed by atoms with Crippen LogP contribution in [0.4, 0.5) is 0 Å². The summed E-state index contributed by atoms with van der Waals surface area (Å²) in [6.07, 6.45) is 1.05. The molecule has 0 bridgehead atoms. The van der Waals surface area contributed by atoms with Crippen LogP contribution < -0.4 is 0 Å². The summed E-state index contributed by atoms with van der Waals surface area (Å²) in [7, 11) is 0. The summed E-state index contributed by atoms with van der Waals surface area (Å²) in [5, 5.41) is 0. The summed E-state index contributed by atoms with van der Waals surface area (Å²) < 4.78 is 0. The lowest BCUT2D eigenvalue weighted by atomic mass is 10.0. The SMILES string of the molecule is CC(=O)[C@@H]1CCN(C(C)(C)C)C1. The maximum atomic E-state index is 11.1. The van der Waals surface area contributed by atoms with E-state index in [2.05, 4.69) is 25.7 Å². The van der Waals surface area contributed by atoms with Crippen LogP contribution >= 0.6 is 0 Å². The Morgan fingerprint density at radius 1 is 1.42 bits per heavy atom. The van der Waals surface area contributed by atoms with Gasteiger partial charge in [-0.05, 0) is 40.7 Å². The van der Waals surface area contributed by atoms with Crippen LogP contribution in [-0.4, -0.2) is 29.3 Å². The van der Waals surface area contributed by atoms with Crippen molar-refractivity contribution in [2.24, 2.45) is 5.92 Å². The van der Waals surface area contributed by atoms with E-state index in [4.69, 9.17) is 0 Å². The Morgan fingerprint density at radius 2 is 2.00 bits per heavy atom. The van der Waals surface area contributed by atoms with Gasteiger partial charge in [0, 0.05) is 18.0 Å². The zero-order chi connectivity index (χ0) is 9.35. The molecule has 1 fully saturated rings. The second kappa shape index (κ2) is 3.17. The smallest absolute Gasteiger partial charge is 0.134 e. The lowest BCUT2D eigenvalue weighted by Gasteiger charge is -2.31. The summed E-state index contributed by atoms with van der Waals surface area (Å²) in [6, 6.07) is 0. The number of hydrogen-bond donors (Lipinski definition) is 0. The Hall–Kier alpha value is -0.370. The van der Waals surface area contributed by atoms with Crippen molar-refractivity contribution in [3.05, 3.63) is 0 Å². The van der Waals surface area contributed by atoms with Crippen LogP contribution in [0.3, 0.4) is 0 Å². The number of hydrogen-bond acceptors (Lipinski definition) is 2. The van der Waals surface area contributed by atoms with Crippen LogP contribution in [0.5, 0.6) is 0 Å². The maximum absolute atomic E-state index is 11.1. The van der Waals surface area contributed by atoms with Gasteiger partial charge in [0.1, 0.15) is 5.78 Å². The molecule has 0 saturated carbocycles. The molecule has 0 aliphatic carbocycles. The topological polar surface area (TPSA) is 20.3 Å². The molecule has 1 saturated heterocycles. The van der Waals surface area contributed by atoms with Gasteiger partial charge < -0.3 is 0 Å².